The van der Waals surface area contributed by atoms with E-state index < -0.39 is 0 Å². The van der Waals surface area contributed by atoms with Crippen LogP contribution in [0.15, 0.2) is 18.2 Å². The number of halogens is 1. The first-order chi connectivity index (χ1) is 8.35. The number of nitrogens with one attached hydrogen (secondary N) is 1. The van der Waals surface area contributed by atoms with E-state index in [0.717, 1.165) is 17.2 Å². The Kier molecular flexibility index (Phi) is 3.65. The Morgan fingerprint density at radius 1 is 1.28 bits per heavy atom. The van der Waals surface area contributed by atoms with Crippen molar-refractivity contribution >= 4 is 5.69 Å². The fourth-order valence-electron chi connectivity index (χ4n) is 3.46. The van der Waals surface area contributed by atoms with Crippen LogP contribution in [-0.4, -0.2) is 6.04 Å². The maximum Gasteiger partial charge on any atom is 0.123 e. The fraction of sp³-hybridized carbons (Fsp3) is 0.625. The molecule has 0 heterocycles. The van der Waals surface area contributed by atoms with Gasteiger partial charge in [0.15, 0.2) is 0 Å². The van der Waals surface area contributed by atoms with Crippen LogP contribution < -0.4 is 5.32 Å². The average Bonchev–Trinajstić information content (AvgIpc) is 2.19. The molecule has 1 N–H and O–H groups in total. The summed E-state index contributed by atoms with van der Waals surface area (Å²) >= 11 is 0. The molecule has 0 aromatic heterocycles. The molecule has 0 amide bonds. The highest BCUT2D eigenvalue weighted by atomic mass is 19.1. The lowest BCUT2D eigenvalue weighted by atomic mass is 9.70. The molecule has 2 unspecified atom stereocenters. The normalized spacial score (nSPS) is 26.9. The lowest BCUT2D eigenvalue weighted by Crippen LogP contribution is -2.35. The smallest absolute Gasteiger partial charge is 0.123 e. The van der Waals surface area contributed by atoms with Gasteiger partial charge in [-0.25, -0.2) is 4.39 Å². The van der Waals surface area contributed by atoms with Crippen molar-refractivity contribution in [1.82, 2.24) is 0 Å². The molecule has 1 aliphatic carbocycles. The quantitative estimate of drug-likeness (QED) is 0.796. The van der Waals surface area contributed by atoms with Crippen LogP contribution in [0.1, 0.15) is 45.6 Å². The SMILES string of the molecule is Cc1cc(F)ccc1NC1CC(C)CC(C)(C)C1. The van der Waals surface area contributed by atoms with Gasteiger partial charge in [0.05, 0.1) is 0 Å². The molecule has 100 valence electrons. The average molecular weight is 249 g/mol. The van der Waals surface area contributed by atoms with Crippen LogP contribution in [0.2, 0.25) is 0 Å². The van der Waals surface area contributed by atoms with Gasteiger partial charge < -0.3 is 5.32 Å². The van der Waals surface area contributed by atoms with Gasteiger partial charge in [-0.05, 0) is 61.3 Å². The maximum absolute atomic E-state index is 13.1. The Balaban J connectivity index is 2.09. The van der Waals surface area contributed by atoms with E-state index in [-0.39, 0.29) is 5.82 Å². The van der Waals surface area contributed by atoms with Gasteiger partial charge in [-0.1, -0.05) is 20.8 Å². The summed E-state index contributed by atoms with van der Waals surface area (Å²) in [6, 6.07) is 5.50. The molecular weight excluding hydrogens is 225 g/mol. The van der Waals surface area contributed by atoms with Crippen molar-refractivity contribution in [3.8, 4) is 0 Å². The van der Waals surface area contributed by atoms with Gasteiger partial charge in [0.2, 0.25) is 0 Å². The molecule has 1 saturated carbocycles. The highest BCUT2D eigenvalue weighted by molar-refractivity contribution is 5.51. The van der Waals surface area contributed by atoms with Gasteiger partial charge >= 0.3 is 0 Å². The van der Waals surface area contributed by atoms with Gasteiger partial charge in [-0.2, -0.15) is 0 Å². The summed E-state index contributed by atoms with van der Waals surface area (Å²) in [5, 5.41) is 3.60. The molecule has 0 aliphatic heterocycles. The standard InChI is InChI=1S/C16H24FN/c1-11-7-14(10-16(3,4)9-11)18-15-6-5-13(17)8-12(15)2/h5-6,8,11,14,18H,7,9-10H2,1-4H3. The molecule has 1 nitrogen and oxygen atoms in total. The minimum Gasteiger partial charge on any atom is -0.382 e. The topological polar surface area (TPSA) is 12.0 Å². The lowest BCUT2D eigenvalue weighted by Gasteiger charge is -2.39. The minimum absolute atomic E-state index is 0.157. The van der Waals surface area contributed by atoms with Crippen LogP contribution in [0.25, 0.3) is 0 Å². The predicted molar refractivity (Wildman–Crippen MR) is 75.3 cm³/mol. The first-order valence-corrected chi connectivity index (χ1v) is 6.88. The largest absolute Gasteiger partial charge is 0.382 e. The Labute approximate surface area is 110 Å². The van der Waals surface area contributed by atoms with Gasteiger partial charge in [0.1, 0.15) is 5.82 Å². The van der Waals surface area contributed by atoms with Crippen molar-refractivity contribution in [3.05, 3.63) is 29.6 Å². The van der Waals surface area contributed by atoms with Crippen molar-refractivity contribution in [3.63, 3.8) is 0 Å². The molecule has 1 aromatic rings. The van der Waals surface area contributed by atoms with E-state index in [9.17, 15) is 4.39 Å². The first kappa shape index (κ1) is 13.4. The number of aryl methyl sites for hydroxylation is 1. The van der Waals surface area contributed by atoms with Crippen molar-refractivity contribution in [2.24, 2.45) is 11.3 Å². The molecule has 2 rings (SSSR count). The maximum atomic E-state index is 13.1. The Bertz CT molecular complexity index is 425. The highest BCUT2D eigenvalue weighted by Crippen LogP contribution is 2.39. The Morgan fingerprint density at radius 2 is 2.00 bits per heavy atom. The summed E-state index contributed by atoms with van der Waals surface area (Å²) in [6.07, 6.45) is 3.70. The minimum atomic E-state index is -0.157. The van der Waals surface area contributed by atoms with Crippen molar-refractivity contribution in [2.75, 3.05) is 5.32 Å². The van der Waals surface area contributed by atoms with E-state index in [0.29, 0.717) is 11.5 Å². The molecule has 0 spiro atoms. The summed E-state index contributed by atoms with van der Waals surface area (Å²) in [6.45, 7) is 8.97. The molecule has 2 atom stereocenters. The first-order valence-electron chi connectivity index (χ1n) is 6.88. The molecule has 0 bridgehead atoms. The van der Waals surface area contributed by atoms with Crippen LogP contribution in [0.5, 0.6) is 0 Å². The zero-order chi connectivity index (χ0) is 13.3. The van der Waals surface area contributed by atoms with E-state index >= 15 is 0 Å². The van der Waals surface area contributed by atoms with Crippen LogP contribution in [-0.2, 0) is 0 Å². The summed E-state index contributed by atoms with van der Waals surface area (Å²) in [5.74, 6) is 0.599. The predicted octanol–water partition coefficient (Wildman–Crippen LogP) is 4.76. The molecule has 1 fully saturated rings. The summed E-state index contributed by atoms with van der Waals surface area (Å²) in [4.78, 5) is 0. The third-order valence-corrected chi connectivity index (χ3v) is 3.93. The van der Waals surface area contributed by atoms with Crippen LogP contribution in [0.4, 0.5) is 10.1 Å². The van der Waals surface area contributed by atoms with Gasteiger partial charge in [-0.15, -0.1) is 0 Å². The monoisotopic (exact) mass is 249 g/mol. The van der Waals surface area contributed by atoms with Crippen LogP contribution in [0, 0.1) is 24.1 Å². The van der Waals surface area contributed by atoms with E-state index in [2.05, 4.69) is 26.1 Å². The second-order valence-electron chi connectivity index (χ2n) is 6.71. The number of hydrogen-bond acceptors (Lipinski definition) is 1. The Hall–Kier alpha value is -1.05. The van der Waals surface area contributed by atoms with Crippen LogP contribution in [0.3, 0.4) is 0 Å². The lowest BCUT2D eigenvalue weighted by molar-refractivity contribution is 0.178. The van der Waals surface area contributed by atoms with E-state index in [1.165, 1.54) is 25.3 Å². The molecule has 0 radical (unpaired) electrons. The third kappa shape index (κ3) is 3.24. The molecule has 1 aromatic carbocycles. The molecule has 0 saturated heterocycles. The van der Waals surface area contributed by atoms with Gasteiger partial charge in [-0.3, -0.25) is 0 Å². The zero-order valence-electron chi connectivity index (χ0n) is 11.9. The second-order valence-corrected chi connectivity index (χ2v) is 6.71. The molecule has 2 heteroatoms. The third-order valence-electron chi connectivity index (χ3n) is 3.93. The molecule has 18 heavy (non-hydrogen) atoms. The summed E-state index contributed by atoms with van der Waals surface area (Å²) in [7, 11) is 0. The van der Waals surface area contributed by atoms with Gasteiger partial charge in [0.25, 0.3) is 0 Å². The number of rotatable bonds is 2. The molecular formula is C16H24FN. The number of anilines is 1. The highest BCUT2D eigenvalue weighted by Gasteiger charge is 2.31. The zero-order valence-corrected chi connectivity index (χ0v) is 11.9. The summed E-state index contributed by atoms with van der Waals surface area (Å²) in [5.41, 5.74) is 2.47. The van der Waals surface area contributed by atoms with Gasteiger partial charge in [0, 0.05) is 11.7 Å². The van der Waals surface area contributed by atoms with E-state index in [4.69, 9.17) is 0 Å². The van der Waals surface area contributed by atoms with Crippen molar-refractivity contribution < 1.29 is 4.39 Å². The fourth-order valence-corrected chi connectivity index (χ4v) is 3.46. The van der Waals surface area contributed by atoms with Crippen molar-refractivity contribution in [1.29, 1.82) is 0 Å². The van der Waals surface area contributed by atoms with E-state index in [1.807, 2.05) is 13.0 Å². The number of benzene rings is 1. The Morgan fingerprint density at radius 3 is 2.61 bits per heavy atom. The second kappa shape index (κ2) is 4.91. The van der Waals surface area contributed by atoms with Crippen molar-refractivity contribution in [2.45, 2.75) is 53.0 Å². The molecule has 1 aliphatic rings. The summed E-state index contributed by atoms with van der Waals surface area (Å²) < 4.78 is 13.1. The number of hydrogen-bond donors (Lipinski definition) is 1. The van der Waals surface area contributed by atoms with E-state index in [1.54, 1.807) is 6.07 Å². The van der Waals surface area contributed by atoms with Crippen LogP contribution >= 0.6 is 0 Å².